The van der Waals surface area contributed by atoms with Crippen LogP contribution in [0.2, 0.25) is 0 Å². The molecule has 5 nitrogen and oxygen atoms in total. The Bertz CT molecular complexity index is 824. The Morgan fingerprint density at radius 1 is 1.24 bits per heavy atom. The lowest BCUT2D eigenvalue weighted by Gasteiger charge is -2.10. The zero-order valence-corrected chi connectivity index (χ0v) is 10.7. The molecule has 0 radical (unpaired) electrons. The van der Waals surface area contributed by atoms with Gasteiger partial charge in [0.2, 0.25) is 11.5 Å². The molecule has 1 N–H and O–H groups in total. The van der Waals surface area contributed by atoms with Crippen LogP contribution in [0.3, 0.4) is 0 Å². The third kappa shape index (κ3) is 2.14. The van der Waals surface area contributed by atoms with Crippen molar-refractivity contribution in [2.24, 2.45) is 0 Å². The number of rotatable bonds is 2. The summed E-state index contributed by atoms with van der Waals surface area (Å²) in [6.45, 7) is 2.22. The third-order valence-electron chi connectivity index (χ3n) is 2.88. The van der Waals surface area contributed by atoms with E-state index >= 15 is 0 Å². The van der Waals surface area contributed by atoms with Gasteiger partial charge in [-0.05, 0) is 19.1 Å². The lowest BCUT2D eigenvalue weighted by atomic mass is 10.3. The molecular weight excluding hydrogens is 290 g/mol. The summed E-state index contributed by atoms with van der Waals surface area (Å²) in [6, 6.07) is 3.42. The maximum atomic E-state index is 13.4. The smallest absolute Gasteiger partial charge is 0.367 e. The molecule has 2 heterocycles. The highest BCUT2D eigenvalue weighted by atomic mass is 19.4. The molecule has 0 amide bonds. The molecule has 0 fully saturated rings. The maximum absolute atomic E-state index is 13.4. The van der Waals surface area contributed by atoms with Crippen LogP contribution in [0.1, 0.15) is 12.7 Å². The van der Waals surface area contributed by atoms with Crippen molar-refractivity contribution in [2.45, 2.75) is 13.1 Å². The molecule has 3 rings (SSSR count). The van der Waals surface area contributed by atoms with Gasteiger partial charge in [-0.3, -0.25) is 4.40 Å². The van der Waals surface area contributed by atoms with E-state index in [2.05, 4.69) is 20.5 Å². The minimum absolute atomic E-state index is 0.0380. The predicted octanol–water partition coefficient (Wildman–Crippen LogP) is 2.87. The van der Waals surface area contributed by atoms with Crippen molar-refractivity contribution in [1.82, 2.24) is 19.6 Å². The van der Waals surface area contributed by atoms with Gasteiger partial charge < -0.3 is 5.32 Å². The molecule has 21 heavy (non-hydrogen) atoms. The van der Waals surface area contributed by atoms with Gasteiger partial charge in [0, 0.05) is 12.6 Å². The minimum atomic E-state index is -4.70. The van der Waals surface area contributed by atoms with Crippen LogP contribution in [0.5, 0.6) is 0 Å². The number of alkyl halides is 3. The molecule has 1 aromatic carbocycles. The van der Waals surface area contributed by atoms with Crippen molar-refractivity contribution in [3.8, 4) is 0 Å². The SMILES string of the molecule is CCNc1nc2ccc(F)cc2n2c(C(F)(F)F)nnc12. The number of fused-ring (bicyclic) bond motifs is 3. The normalized spacial score (nSPS) is 12.2. The average molecular weight is 299 g/mol. The van der Waals surface area contributed by atoms with Gasteiger partial charge in [-0.2, -0.15) is 13.2 Å². The molecule has 0 aliphatic heterocycles. The number of hydrogen-bond donors (Lipinski definition) is 1. The molecule has 2 aromatic heterocycles. The molecule has 0 saturated carbocycles. The highest BCUT2D eigenvalue weighted by molar-refractivity contribution is 5.83. The summed E-state index contributed by atoms with van der Waals surface area (Å²) >= 11 is 0. The minimum Gasteiger partial charge on any atom is -0.367 e. The molecule has 0 aliphatic rings. The van der Waals surface area contributed by atoms with E-state index in [-0.39, 0.29) is 22.5 Å². The van der Waals surface area contributed by atoms with Crippen LogP contribution < -0.4 is 5.32 Å². The van der Waals surface area contributed by atoms with Gasteiger partial charge in [-0.15, -0.1) is 10.2 Å². The first kappa shape index (κ1) is 13.5. The zero-order chi connectivity index (χ0) is 15.2. The van der Waals surface area contributed by atoms with E-state index < -0.39 is 17.8 Å². The van der Waals surface area contributed by atoms with Gasteiger partial charge in [0.15, 0.2) is 5.82 Å². The van der Waals surface area contributed by atoms with Crippen LogP contribution in [0.25, 0.3) is 16.7 Å². The summed E-state index contributed by atoms with van der Waals surface area (Å²) in [7, 11) is 0. The van der Waals surface area contributed by atoms with Crippen molar-refractivity contribution in [2.75, 3.05) is 11.9 Å². The number of hydrogen-bond acceptors (Lipinski definition) is 4. The van der Waals surface area contributed by atoms with E-state index in [0.717, 1.165) is 16.5 Å². The third-order valence-corrected chi connectivity index (χ3v) is 2.88. The topological polar surface area (TPSA) is 55.1 Å². The Labute approximate surface area is 115 Å². The summed E-state index contributed by atoms with van der Waals surface area (Å²) in [5, 5.41) is 9.53. The first-order valence-electron chi connectivity index (χ1n) is 6.07. The second kappa shape index (κ2) is 4.54. The zero-order valence-electron chi connectivity index (χ0n) is 10.7. The van der Waals surface area contributed by atoms with Gasteiger partial charge in [0.1, 0.15) is 5.82 Å². The summed E-state index contributed by atoms with van der Waals surface area (Å²) in [5.41, 5.74) is 0.0800. The molecule has 0 aliphatic carbocycles. The lowest BCUT2D eigenvalue weighted by molar-refractivity contribution is -0.145. The van der Waals surface area contributed by atoms with E-state index in [1.807, 2.05) is 0 Å². The molecule has 3 aromatic rings. The molecular formula is C12H9F4N5. The Balaban J connectivity index is 2.48. The largest absolute Gasteiger partial charge is 0.452 e. The molecule has 0 atom stereocenters. The van der Waals surface area contributed by atoms with Gasteiger partial charge in [0.05, 0.1) is 11.0 Å². The van der Waals surface area contributed by atoms with E-state index in [9.17, 15) is 17.6 Å². The Hall–Kier alpha value is -2.45. The number of halogens is 4. The Morgan fingerprint density at radius 3 is 2.67 bits per heavy atom. The van der Waals surface area contributed by atoms with Gasteiger partial charge in [-0.1, -0.05) is 0 Å². The fourth-order valence-electron chi connectivity index (χ4n) is 2.08. The second-order valence-electron chi connectivity index (χ2n) is 4.30. The van der Waals surface area contributed by atoms with Crippen molar-refractivity contribution >= 4 is 22.5 Å². The predicted molar refractivity (Wildman–Crippen MR) is 67.4 cm³/mol. The van der Waals surface area contributed by atoms with Crippen molar-refractivity contribution in [1.29, 1.82) is 0 Å². The molecule has 110 valence electrons. The first-order chi connectivity index (χ1) is 9.91. The summed E-state index contributed by atoms with van der Waals surface area (Å²) in [4.78, 5) is 4.16. The molecule has 0 bridgehead atoms. The maximum Gasteiger partial charge on any atom is 0.452 e. The summed E-state index contributed by atoms with van der Waals surface area (Å²) in [5.74, 6) is -1.71. The van der Waals surface area contributed by atoms with Crippen LogP contribution in [0.4, 0.5) is 23.4 Å². The highest BCUT2D eigenvalue weighted by Gasteiger charge is 2.38. The van der Waals surface area contributed by atoms with Crippen LogP contribution in [0, 0.1) is 5.82 Å². The molecule has 9 heteroatoms. The van der Waals surface area contributed by atoms with Crippen LogP contribution in [0.15, 0.2) is 18.2 Å². The second-order valence-corrected chi connectivity index (χ2v) is 4.30. The first-order valence-corrected chi connectivity index (χ1v) is 6.07. The van der Waals surface area contributed by atoms with Gasteiger partial charge >= 0.3 is 6.18 Å². The Morgan fingerprint density at radius 2 is 2.00 bits per heavy atom. The van der Waals surface area contributed by atoms with Crippen LogP contribution in [-0.2, 0) is 6.18 Å². The van der Waals surface area contributed by atoms with Gasteiger partial charge in [0.25, 0.3) is 0 Å². The summed E-state index contributed by atoms with van der Waals surface area (Å²) < 4.78 is 53.3. The number of benzene rings is 1. The monoisotopic (exact) mass is 299 g/mol. The summed E-state index contributed by atoms with van der Waals surface area (Å²) in [6.07, 6.45) is -4.70. The van der Waals surface area contributed by atoms with Crippen molar-refractivity contribution < 1.29 is 17.6 Å². The Kier molecular flexibility index (Phi) is 2.92. The van der Waals surface area contributed by atoms with E-state index in [1.165, 1.54) is 6.07 Å². The van der Waals surface area contributed by atoms with E-state index in [4.69, 9.17) is 0 Å². The van der Waals surface area contributed by atoms with E-state index in [1.54, 1.807) is 6.92 Å². The lowest BCUT2D eigenvalue weighted by Crippen LogP contribution is -2.12. The molecule has 0 unspecified atom stereocenters. The fraction of sp³-hybridized carbons (Fsp3) is 0.250. The number of nitrogens with zero attached hydrogens (tertiary/aromatic N) is 4. The molecule has 0 saturated heterocycles. The molecule has 0 spiro atoms. The number of aromatic nitrogens is 4. The van der Waals surface area contributed by atoms with Crippen molar-refractivity contribution in [3.63, 3.8) is 0 Å². The van der Waals surface area contributed by atoms with Crippen LogP contribution in [-0.4, -0.2) is 26.1 Å². The van der Waals surface area contributed by atoms with Crippen molar-refractivity contribution in [3.05, 3.63) is 29.8 Å². The van der Waals surface area contributed by atoms with Crippen LogP contribution >= 0.6 is 0 Å². The van der Waals surface area contributed by atoms with E-state index in [0.29, 0.717) is 6.54 Å². The fourth-order valence-corrected chi connectivity index (χ4v) is 2.08. The number of anilines is 1. The quantitative estimate of drug-likeness (QED) is 0.739. The highest BCUT2D eigenvalue weighted by Crippen LogP contribution is 2.31. The van der Waals surface area contributed by atoms with Gasteiger partial charge in [-0.25, -0.2) is 9.37 Å². The average Bonchev–Trinajstić information content (AvgIpc) is 2.85. The number of nitrogens with one attached hydrogen (secondary N) is 1. The standard InChI is InChI=1S/C12H9F4N5/c1-2-17-9-10-19-20-11(12(14,15)16)21(10)8-5-6(13)3-4-7(8)18-9/h3-5H,2H2,1H3,(H,17,18).